The number of aromatic nitrogens is 1. The Morgan fingerprint density at radius 2 is 2.19 bits per heavy atom. The van der Waals surface area contributed by atoms with Crippen LogP contribution >= 0.6 is 11.3 Å². The van der Waals surface area contributed by atoms with E-state index in [-0.39, 0.29) is 0 Å². The molecule has 0 spiro atoms. The third kappa shape index (κ3) is 3.70. The molecule has 1 aromatic heterocycles. The van der Waals surface area contributed by atoms with Gasteiger partial charge in [0.25, 0.3) is 0 Å². The Morgan fingerprint density at radius 1 is 1.33 bits per heavy atom. The van der Waals surface area contributed by atoms with E-state index in [1.807, 2.05) is 6.07 Å². The van der Waals surface area contributed by atoms with Crippen LogP contribution in [0.4, 0.5) is 0 Å². The zero-order valence-corrected chi connectivity index (χ0v) is 13.4. The van der Waals surface area contributed by atoms with Gasteiger partial charge in [0.15, 0.2) is 0 Å². The first-order valence-electron chi connectivity index (χ1n) is 7.81. The highest BCUT2D eigenvalue weighted by atomic mass is 32.1. The average molecular weight is 301 g/mol. The Balaban J connectivity index is 1.70. The first kappa shape index (κ1) is 14.7. The maximum atomic E-state index is 4.83. The lowest BCUT2D eigenvalue weighted by Crippen LogP contribution is -2.37. The number of benzene rings is 1. The highest BCUT2D eigenvalue weighted by Crippen LogP contribution is 2.24. The third-order valence-corrected chi connectivity index (χ3v) is 4.94. The van der Waals surface area contributed by atoms with Crippen LogP contribution in [0, 0.1) is 0 Å². The van der Waals surface area contributed by atoms with E-state index < -0.39 is 0 Å². The van der Waals surface area contributed by atoms with Crippen LogP contribution in [0.15, 0.2) is 35.7 Å². The molecular weight excluding hydrogens is 278 g/mol. The van der Waals surface area contributed by atoms with Crippen molar-refractivity contribution in [3.8, 4) is 10.6 Å². The van der Waals surface area contributed by atoms with Crippen LogP contribution in [0.5, 0.6) is 0 Å². The predicted octanol–water partition coefficient (Wildman–Crippen LogP) is 3.38. The largest absolute Gasteiger partial charge is 0.315 e. The van der Waals surface area contributed by atoms with Gasteiger partial charge in [-0.15, -0.1) is 11.3 Å². The Hall–Kier alpha value is -1.23. The van der Waals surface area contributed by atoms with E-state index in [0.29, 0.717) is 6.04 Å². The Morgan fingerprint density at radius 3 is 2.90 bits per heavy atom. The Labute approximate surface area is 131 Å². The van der Waals surface area contributed by atoms with Gasteiger partial charge >= 0.3 is 0 Å². The molecule has 2 heterocycles. The summed E-state index contributed by atoms with van der Waals surface area (Å²) < 4.78 is 0. The lowest BCUT2D eigenvalue weighted by molar-refractivity contribution is 0.197. The molecule has 3 nitrogen and oxygen atoms in total. The van der Waals surface area contributed by atoms with Gasteiger partial charge in [-0.05, 0) is 25.9 Å². The number of nitrogens with one attached hydrogen (secondary N) is 1. The fraction of sp³-hybridized carbons (Fsp3) is 0.471. The molecule has 0 radical (unpaired) electrons. The van der Waals surface area contributed by atoms with Crippen molar-refractivity contribution in [1.29, 1.82) is 0 Å². The summed E-state index contributed by atoms with van der Waals surface area (Å²) in [5, 5.41) is 6.82. The normalized spacial score (nSPS) is 18.5. The lowest BCUT2D eigenvalue weighted by atomic mass is 10.2. The van der Waals surface area contributed by atoms with Crippen LogP contribution in [0.2, 0.25) is 0 Å². The topological polar surface area (TPSA) is 28.2 Å². The summed E-state index contributed by atoms with van der Waals surface area (Å²) in [7, 11) is 0. The zero-order chi connectivity index (χ0) is 14.5. The van der Waals surface area contributed by atoms with E-state index >= 15 is 0 Å². The first-order chi connectivity index (χ1) is 10.4. The molecule has 21 heavy (non-hydrogen) atoms. The summed E-state index contributed by atoms with van der Waals surface area (Å²) in [6, 6.07) is 11.1. The van der Waals surface area contributed by atoms with Gasteiger partial charge in [-0.25, -0.2) is 4.98 Å². The minimum atomic E-state index is 0.673. The molecule has 1 atom stereocenters. The number of rotatable bonds is 6. The van der Waals surface area contributed by atoms with Crippen molar-refractivity contribution >= 4 is 11.3 Å². The van der Waals surface area contributed by atoms with Gasteiger partial charge in [0, 0.05) is 30.1 Å². The standard InChI is InChI=1S/C17H23N3S/c1-2-10-20(16-8-9-18-11-16)12-15-13-21-17(19-15)14-6-4-3-5-7-14/h3-7,13,16,18H,2,8-12H2,1H3. The minimum Gasteiger partial charge on any atom is -0.315 e. The monoisotopic (exact) mass is 301 g/mol. The van der Waals surface area contributed by atoms with E-state index in [1.165, 1.54) is 24.1 Å². The molecule has 0 amide bonds. The SMILES string of the molecule is CCCN(Cc1csc(-c2ccccc2)n1)C1CCNC1. The van der Waals surface area contributed by atoms with Crippen molar-refractivity contribution in [2.75, 3.05) is 19.6 Å². The van der Waals surface area contributed by atoms with Crippen LogP contribution < -0.4 is 5.32 Å². The molecular formula is C17H23N3S. The van der Waals surface area contributed by atoms with E-state index in [4.69, 9.17) is 4.98 Å². The van der Waals surface area contributed by atoms with E-state index in [0.717, 1.165) is 31.2 Å². The summed E-state index contributed by atoms with van der Waals surface area (Å²) in [6.45, 7) is 6.66. The summed E-state index contributed by atoms with van der Waals surface area (Å²) in [5.41, 5.74) is 2.43. The van der Waals surface area contributed by atoms with Gasteiger partial charge in [-0.1, -0.05) is 37.3 Å². The fourth-order valence-corrected chi connectivity index (χ4v) is 3.75. The molecule has 1 aliphatic heterocycles. The molecule has 1 aromatic carbocycles. The fourth-order valence-electron chi connectivity index (χ4n) is 2.93. The molecule has 0 saturated carbocycles. The summed E-state index contributed by atoms with van der Waals surface area (Å²) in [6.07, 6.45) is 2.46. The number of nitrogens with zero attached hydrogens (tertiary/aromatic N) is 2. The van der Waals surface area contributed by atoms with Crippen molar-refractivity contribution in [3.63, 3.8) is 0 Å². The molecule has 112 valence electrons. The molecule has 1 aliphatic rings. The summed E-state index contributed by atoms with van der Waals surface area (Å²) in [5.74, 6) is 0. The molecule has 0 aliphatic carbocycles. The molecule has 1 saturated heterocycles. The van der Waals surface area contributed by atoms with Crippen LogP contribution in [0.3, 0.4) is 0 Å². The van der Waals surface area contributed by atoms with Crippen LogP contribution in [0.25, 0.3) is 10.6 Å². The van der Waals surface area contributed by atoms with Gasteiger partial charge in [0.1, 0.15) is 5.01 Å². The second-order valence-corrected chi connectivity index (χ2v) is 6.49. The van der Waals surface area contributed by atoms with Crippen LogP contribution in [0.1, 0.15) is 25.5 Å². The Kier molecular flexibility index (Phi) is 5.01. The van der Waals surface area contributed by atoms with Gasteiger partial charge in [0.05, 0.1) is 5.69 Å². The van der Waals surface area contributed by atoms with E-state index in [9.17, 15) is 0 Å². The molecule has 3 rings (SSSR count). The zero-order valence-electron chi connectivity index (χ0n) is 12.6. The molecule has 1 unspecified atom stereocenters. The van der Waals surface area contributed by atoms with E-state index in [2.05, 4.69) is 46.8 Å². The first-order valence-corrected chi connectivity index (χ1v) is 8.69. The van der Waals surface area contributed by atoms with Crippen molar-refractivity contribution in [1.82, 2.24) is 15.2 Å². The molecule has 1 N–H and O–H groups in total. The summed E-state index contributed by atoms with van der Waals surface area (Å²) >= 11 is 1.75. The molecule has 2 aromatic rings. The van der Waals surface area contributed by atoms with E-state index in [1.54, 1.807) is 11.3 Å². The van der Waals surface area contributed by atoms with Crippen molar-refractivity contribution < 1.29 is 0 Å². The Bertz CT molecular complexity index is 546. The number of thiazole rings is 1. The van der Waals surface area contributed by atoms with Gasteiger partial charge in [-0.3, -0.25) is 4.90 Å². The van der Waals surface area contributed by atoms with Crippen molar-refractivity contribution in [2.45, 2.75) is 32.4 Å². The molecule has 4 heteroatoms. The number of hydrogen-bond donors (Lipinski definition) is 1. The van der Waals surface area contributed by atoms with Crippen LogP contribution in [-0.4, -0.2) is 35.6 Å². The average Bonchev–Trinajstić information content (AvgIpc) is 3.19. The van der Waals surface area contributed by atoms with Crippen LogP contribution in [-0.2, 0) is 6.54 Å². The van der Waals surface area contributed by atoms with Crippen molar-refractivity contribution in [2.24, 2.45) is 0 Å². The predicted molar refractivity (Wildman–Crippen MR) is 89.5 cm³/mol. The third-order valence-electron chi connectivity index (χ3n) is 4.00. The highest BCUT2D eigenvalue weighted by molar-refractivity contribution is 7.13. The maximum Gasteiger partial charge on any atom is 0.123 e. The van der Waals surface area contributed by atoms with Gasteiger partial charge < -0.3 is 5.32 Å². The smallest absolute Gasteiger partial charge is 0.123 e. The second kappa shape index (κ2) is 7.16. The lowest BCUT2D eigenvalue weighted by Gasteiger charge is -2.27. The second-order valence-electron chi connectivity index (χ2n) is 5.63. The quantitative estimate of drug-likeness (QED) is 0.886. The highest BCUT2D eigenvalue weighted by Gasteiger charge is 2.22. The molecule has 1 fully saturated rings. The molecule has 0 bridgehead atoms. The van der Waals surface area contributed by atoms with Gasteiger partial charge in [0.2, 0.25) is 0 Å². The van der Waals surface area contributed by atoms with Gasteiger partial charge in [-0.2, -0.15) is 0 Å². The van der Waals surface area contributed by atoms with Crippen molar-refractivity contribution in [3.05, 3.63) is 41.4 Å². The minimum absolute atomic E-state index is 0.673. The summed E-state index contributed by atoms with van der Waals surface area (Å²) in [4.78, 5) is 7.42. The maximum absolute atomic E-state index is 4.83. The number of hydrogen-bond acceptors (Lipinski definition) is 4.